The summed E-state index contributed by atoms with van der Waals surface area (Å²) in [4.78, 5) is 16.0. The maximum Gasteiger partial charge on any atom is 0.315 e. The molecule has 1 aliphatic carbocycles. The molecular weight excluding hydrogens is 313 g/mol. The highest BCUT2D eigenvalue weighted by Gasteiger charge is 2.69. The molecule has 1 fully saturated rings. The number of ether oxygens (including phenoxy) is 1. The predicted molar refractivity (Wildman–Crippen MR) is 78.9 cm³/mol. The molecule has 0 amide bonds. The second-order valence-electron chi connectivity index (χ2n) is 5.27. The van der Waals surface area contributed by atoms with Crippen molar-refractivity contribution in [3.05, 3.63) is 42.4 Å². The Balaban J connectivity index is 1.63. The van der Waals surface area contributed by atoms with Gasteiger partial charge in [0.2, 0.25) is 5.89 Å². The summed E-state index contributed by atoms with van der Waals surface area (Å²) in [6.07, 6.45) is 1.99. The smallest absolute Gasteiger partial charge is 0.315 e. The van der Waals surface area contributed by atoms with E-state index in [9.17, 15) is 4.79 Å². The van der Waals surface area contributed by atoms with Gasteiger partial charge in [-0.05, 0) is 6.92 Å². The van der Waals surface area contributed by atoms with Gasteiger partial charge in [-0.1, -0.05) is 30.3 Å². The summed E-state index contributed by atoms with van der Waals surface area (Å²) in [6, 6.07) is 9.56. The summed E-state index contributed by atoms with van der Waals surface area (Å²) in [5.74, 6) is 0.525. The first kappa shape index (κ1) is 14.4. The summed E-state index contributed by atoms with van der Waals surface area (Å²) < 4.78 is 9.69. The van der Waals surface area contributed by atoms with E-state index >= 15 is 0 Å². The number of benzene rings is 1. The Labute approximate surface area is 132 Å². The fourth-order valence-electron chi connectivity index (χ4n) is 2.02. The number of nitrogens with zero attached hydrogens (tertiary/aromatic N) is 1. The van der Waals surface area contributed by atoms with Gasteiger partial charge in [0.05, 0.1) is 6.20 Å². The number of alkyl halides is 2. The van der Waals surface area contributed by atoms with Crippen LogP contribution in [0.25, 0.3) is 11.3 Å². The van der Waals surface area contributed by atoms with Crippen molar-refractivity contribution in [3.8, 4) is 11.3 Å². The van der Waals surface area contributed by atoms with E-state index in [0.29, 0.717) is 18.1 Å². The number of esters is 1. The van der Waals surface area contributed by atoms with E-state index in [4.69, 9.17) is 32.4 Å². The van der Waals surface area contributed by atoms with Crippen LogP contribution in [-0.4, -0.2) is 15.3 Å². The van der Waals surface area contributed by atoms with E-state index in [-0.39, 0.29) is 6.61 Å². The van der Waals surface area contributed by atoms with Crippen molar-refractivity contribution in [1.82, 2.24) is 4.98 Å². The van der Waals surface area contributed by atoms with Gasteiger partial charge in [0.15, 0.2) is 12.4 Å². The van der Waals surface area contributed by atoms with Crippen LogP contribution < -0.4 is 0 Å². The van der Waals surface area contributed by atoms with Crippen LogP contribution >= 0.6 is 23.2 Å². The molecule has 110 valence electrons. The average Bonchev–Trinajstić information content (AvgIpc) is 2.83. The molecule has 1 aromatic carbocycles. The molecular formula is C15H13Cl2NO3. The zero-order valence-corrected chi connectivity index (χ0v) is 12.8. The molecule has 3 rings (SSSR count). The van der Waals surface area contributed by atoms with Crippen LogP contribution in [0.5, 0.6) is 0 Å². The minimum absolute atomic E-state index is 0.0366. The van der Waals surface area contributed by atoms with Gasteiger partial charge in [-0.3, -0.25) is 4.79 Å². The fraction of sp³-hybridized carbons (Fsp3) is 0.333. The van der Waals surface area contributed by atoms with Gasteiger partial charge >= 0.3 is 5.97 Å². The number of hydrogen-bond acceptors (Lipinski definition) is 4. The Morgan fingerprint density at radius 3 is 2.67 bits per heavy atom. The first-order chi connectivity index (χ1) is 9.92. The molecule has 1 aromatic heterocycles. The van der Waals surface area contributed by atoms with Gasteiger partial charge in [0.1, 0.15) is 9.75 Å². The van der Waals surface area contributed by atoms with Crippen LogP contribution in [0.4, 0.5) is 0 Å². The number of carbonyl (C=O) groups excluding carboxylic acids is 1. The van der Waals surface area contributed by atoms with E-state index in [2.05, 4.69) is 4.98 Å². The first-order valence-corrected chi connectivity index (χ1v) is 7.23. The lowest BCUT2D eigenvalue weighted by Crippen LogP contribution is -2.21. The second kappa shape index (κ2) is 5.04. The Hall–Kier alpha value is -1.52. The van der Waals surface area contributed by atoms with Crippen LogP contribution in [0.15, 0.2) is 40.9 Å². The Morgan fingerprint density at radius 2 is 2.05 bits per heavy atom. The van der Waals surface area contributed by atoms with Crippen molar-refractivity contribution in [2.75, 3.05) is 0 Å². The zero-order valence-electron chi connectivity index (χ0n) is 11.3. The normalized spacial score (nSPS) is 22.8. The predicted octanol–water partition coefficient (Wildman–Crippen LogP) is 3.97. The van der Waals surface area contributed by atoms with Gasteiger partial charge in [0, 0.05) is 12.0 Å². The topological polar surface area (TPSA) is 52.3 Å². The first-order valence-electron chi connectivity index (χ1n) is 6.47. The van der Waals surface area contributed by atoms with Gasteiger partial charge < -0.3 is 9.15 Å². The number of oxazole rings is 1. The van der Waals surface area contributed by atoms with Crippen molar-refractivity contribution >= 4 is 29.2 Å². The van der Waals surface area contributed by atoms with Crippen LogP contribution in [0, 0.1) is 5.41 Å². The SMILES string of the molecule is C[C@]1(C(=O)OCc2ncc(-c3ccccc3)o2)CC1(Cl)Cl. The molecule has 0 saturated heterocycles. The fourth-order valence-corrected chi connectivity index (χ4v) is 2.71. The highest BCUT2D eigenvalue weighted by Crippen LogP contribution is 2.64. The molecule has 2 aromatic rings. The molecule has 1 heterocycles. The van der Waals surface area contributed by atoms with Gasteiger partial charge in [-0.2, -0.15) is 0 Å². The van der Waals surface area contributed by atoms with Crippen LogP contribution in [0.2, 0.25) is 0 Å². The van der Waals surface area contributed by atoms with Crippen LogP contribution in [0.1, 0.15) is 19.2 Å². The summed E-state index contributed by atoms with van der Waals surface area (Å²) >= 11 is 11.9. The molecule has 1 atom stereocenters. The number of aromatic nitrogens is 1. The molecule has 1 saturated carbocycles. The molecule has 0 bridgehead atoms. The Kier molecular flexibility index (Phi) is 3.46. The van der Waals surface area contributed by atoms with Crippen molar-refractivity contribution in [2.45, 2.75) is 24.3 Å². The lowest BCUT2D eigenvalue weighted by molar-refractivity contribution is -0.151. The monoisotopic (exact) mass is 325 g/mol. The van der Waals surface area contributed by atoms with Crippen molar-refractivity contribution in [3.63, 3.8) is 0 Å². The Morgan fingerprint density at radius 1 is 1.38 bits per heavy atom. The van der Waals surface area contributed by atoms with Gasteiger partial charge in [-0.15, -0.1) is 23.2 Å². The molecule has 4 nitrogen and oxygen atoms in total. The summed E-state index contributed by atoms with van der Waals surface area (Å²) in [6.45, 7) is 1.64. The van der Waals surface area contributed by atoms with Crippen molar-refractivity contribution in [2.24, 2.45) is 5.41 Å². The average molecular weight is 326 g/mol. The second-order valence-corrected chi connectivity index (χ2v) is 6.76. The lowest BCUT2D eigenvalue weighted by atomic mass is 10.1. The number of halogens is 2. The summed E-state index contributed by atoms with van der Waals surface area (Å²) in [7, 11) is 0. The molecule has 0 spiro atoms. The van der Waals surface area contributed by atoms with Gasteiger partial charge in [-0.25, -0.2) is 4.98 Å². The highest BCUT2D eigenvalue weighted by molar-refractivity contribution is 6.53. The lowest BCUT2D eigenvalue weighted by Gasteiger charge is -2.10. The minimum Gasteiger partial charge on any atom is -0.455 e. The zero-order chi connectivity index (χ0) is 15.1. The van der Waals surface area contributed by atoms with E-state index < -0.39 is 15.7 Å². The third kappa shape index (κ3) is 2.65. The third-order valence-electron chi connectivity index (χ3n) is 3.65. The van der Waals surface area contributed by atoms with Crippen molar-refractivity contribution < 1.29 is 13.9 Å². The van der Waals surface area contributed by atoms with Crippen LogP contribution in [0.3, 0.4) is 0 Å². The summed E-state index contributed by atoms with van der Waals surface area (Å²) in [5, 5.41) is 0. The standard InChI is InChI=1S/C15H13Cl2NO3/c1-14(9-15(14,16)17)13(19)20-8-12-18-7-11(21-12)10-5-3-2-4-6-10/h2-7H,8-9H2,1H3/t14-/m1/s1. The van der Waals surface area contributed by atoms with Crippen LogP contribution in [-0.2, 0) is 16.1 Å². The van der Waals surface area contributed by atoms with E-state index in [1.54, 1.807) is 13.1 Å². The molecule has 0 radical (unpaired) electrons. The molecule has 0 N–H and O–H groups in total. The van der Waals surface area contributed by atoms with E-state index in [1.165, 1.54) is 0 Å². The minimum atomic E-state index is -1.03. The molecule has 1 aliphatic rings. The number of hydrogen-bond donors (Lipinski definition) is 0. The van der Waals surface area contributed by atoms with Crippen molar-refractivity contribution in [1.29, 1.82) is 0 Å². The molecule has 6 heteroatoms. The molecule has 0 unspecified atom stereocenters. The number of rotatable bonds is 4. The quantitative estimate of drug-likeness (QED) is 0.630. The van der Waals surface area contributed by atoms with Gasteiger partial charge in [0.25, 0.3) is 0 Å². The van der Waals surface area contributed by atoms with E-state index in [1.807, 2.05) is 30.3 Å². The third-order valence-corrected chi connectivity index (χ3v) is 4.75. The molecule has 21 heavy (non-hydrogen) atoms. The Bertz CT molecular complexity index is 669. The summed E-state index contributed by atoms with van der Waals surface area (Å²) in [5.41, 5.74) is 0.0718. The highest BCUT2D eigenvalue weighted by atomic mass is 35.5. The molecule has 0 aliphatic heterocycles. The largest absolute Gasteiger partial charge is 0.455 e. The maximum atomic E-state index is 11.9. The number of carbonyl (C=O) groups is 1. The van der Waals surface area contributed by atoms with E-state index in [0.717, 1.165) is 5.56 Å². The maximum absolute atomic E-state index is 11.9.